The second-order valence-electron chi connectivity index (χ2n) is 6.02. The molecule has 120 valence electrons. The minimum atomic E-state index is 0.187. The van der Waals surface area contributed by atoms with Crippen molar-refractivity contribution in [2.75, 3.05) is 24.5 Å². The lowest BCUT2D eigenvalue weighted by Crippen LogP contribution is -2.54. The minimum Gasteiger partial charge on any atom is -0.365 e. The Balaban J connectivity index is 1.61. The molecule has 0 spiro atoms. The fourth-order valence-electron chi connectivity index (χ4n) is 3.08. The lowest BCUT2D eigenvalue weighted by Gasteiger charge is -2.41. The van der Waals surface area contributed by atoms with Crippen LogP contribution in [-0.4, -0.2) is 36.5 Å². The average molecular weight is 329 g/mol. The molecule has 1 amide bonds. The highest BCUT2D eigenvalue weighted by Gasteiger charge is 2.26. The zero-order valence-corrected chi connectivity index (χ0v) is 14.0. The van der Waals surface area contributed by atoms with Crippen LogP contribution in [-0.2, 0) is 11.2 Å². The van der Waals surface area contributed by atoms with Gasteiger partial charge in [0.2, 0.25) is 5.91 Å². The van der Waals surface area contributed by atoms with E-state index in [1.54, 1.807) is 0 Å². The van der Waals surface area contributed by atoms with Crippen LogP contribution in [0.1, 0.15) is 12.5 Å². The van der Waals surface area contributed by atoms with Gasteiger partial charge in [0.15, 0.2) is 0 Å². The normalized spacial score (nSPS) is 18.1. The van der Waals surface area contributed by atoms with Crippen LogP contribution < -0.4 is 4.90 Å². The maximum Gasteiger partial charge on any atom is 0.227 e. The van der Waals surface area contributed by atoms with E-state index in [-0.39, 0.29) is 5.91 Å². The minimum absolute atomic E-state index is 0.187. The maximum absolute atomic E-state index is 12.5. The van der Waals surface area contributed by atoms with Crippen LogP contribution in [0.5, 0.6) is 0 Å². The van der Waals surface area contributed by atoms with Gasteiger partial charge in [-0.1, -0.05) is 41.9 Å². The van der Waals surface area contributed by atoms with E-state index in [0.717, 1.165) is 25.2 Å². The third-order valence-electron chi connectivity index (χ3n) is 4.34. The van der Waals surface area contributed by atoms with Crippen molar-refractivity contribution in [3.8, 4) is 0 Å². The predicted octanol–water partition coefficient (Wildman–Crippen LogP) is 3.62. The number of carbonyl (C=O) groups is 1. The number of halogens is 1. The lowest BCUT2D eigenvalue weighted by atomic mass is 10.1. The summed E-state index contributed by atoms with van der Waals surface area (Å²) in [6, 6.07) is 18.2. The Labute approximate surface area is 142 Å². The fourth-order valence-corrected chi connectivity index (χ4v) is 3.20. The van der Waals surface area contributed by atoms with Crippen molar-refractivity contribution < 1.29 is 4.79 Å². The number of piperazine rings is 1. The molecule has 1 heterocycles. The summed E-state index contributed by atoms with van der Waals surface area (Å²) in [6.45, 7) is 4.58. The van der Waals surface area contributed by atoms with E-state index >= 15 is 0 Å². The molecule has 1 unspecified atom stereocenters. The zero-order valence-electron chi connectivity index (χ0n) is 13.3. The van der Waals surface area contributed by atoms with Gasteiger partial charge < -0.3 is 9.80 Å². The molecule has 23 heavy (non-hydrogen) atoms. The van der Waals surface area contributed by atoms with Crippen LogP contribution in [0, 0.1) is 0 Å². The Kier molecular flexibility index (Phi) is 4.87. The molecule has 3 rings (SSSR count). The van der Waals surface area contributed by atoms with Crippen LogP contribution in [0.15, 0.2) is 54.6 Å². The van der Waals surface area contributed by atoms with Gasteiger partial charge in [-0.3, -0.25) is 4.79 Å². The Hall–Kier alpha value is -2.00. The summed E-state index contributed by atoms with van der Waals surface area (Å²) in [4.78, 5) is 16.9. The van der Waals surface area contributed by atoms with Crippen molar-refractivity contribution in [3.05, 3.63) is 65.2 Å². The number of para-hydroxylation sites is 1. The van der Waals surface area contributed by atoms with Crippen LogP contribution in [0.4, 0.5) is 5.69 Å². The molecule has 0 N–H and O–H groups in total. The number of hydrogen-bond acceptors (Lipinski definition) is 2. The fraction of sp³-hybridized carbons (Fsp3) is 0.316. The third-order valence-corrected chi connectivity index (χ3v) is 4.59. The van der Waals surface area contributed by atoms with Crippen molar-refractivity contribution >= 4 is 23.2 Å². The van der Waals surface area contributed by atoms with Gasteiger partial charge in [-0.15, -0.1) is 0 Å². The Morgan fingerprint density at radius 2 is 1.78 bits per heavy atom. The van der Waals surface area contributed by atoms with E-state index < -0.39 is 0 Å². The van der Waals surface area contributed by atoms with Crippen molar-refractivity contribution in [1.82, 2.24) is 4.90 Å². The Bertz CT molecular complexity index is 657. The van der Waals surface area contributed by atoms with E-state index in [2.05, 4.69) is 36.1 Å². The number of rotatable bonds is 3. The highest BCUT2D eigenvalue weighted by Crippen LogP contribution is 2.20. The summed E-state index contributed by atoms with van der Waals surface area (Å²) in [7, 11) is 0. The molecule has 1 saturated heterocycles. The largest absolute Gasteiger partial charge is 0.365 e. The molecule has 2 aromatic rings. The first kappa shape index (κ1) is 15.9. The van der Waals surface area contributed by atoms with Gasteiger partial charge in [-0.2, -0.15) is 0 Å². The quantitative estimate of drug-likeness (QED) is 0.859. The molecular formula is C19H21ClN2O. The highest BCUT2D eigenvalue weighted by molar-refractivity contribution is 6.30. The number of amides is 1. The van der Waals surface area contributed by atoms with Crippen molar-refractivity contribution in [3.63, 3.8) is 0 Å². The predicted molar refractivity (Wildman–Crippen MR) is 95.0 cm³/mol. The van der Waals surface area contributed by atoms with Gasteiger partial charge in [-0.05, 0) is 36.8 Å². The molecule has 0 radical (unpaired) electrons. The SMILES string of the molecule is CC1CN(C(=O)Cc2ccc(Cl)cc2)CCN1c1ccccc1. The van der Waals surface area contributed by atoms with Gasteiger partial charge in [0.05, 0.1) is 6.42 Å². The first-order valence-corrected chi connectivity index (χ1v) is 8.35. The molecular weight excluding hydrogens is 308 g/mol. The number of anilines is 1. The average Bonchev–Trinajstić information content (AvgIpc) is 2.57. The van der Waals surface area contributed by atoms with E-state index in [0.29, 0.717) is 17.5 Å². The van der Waals surface area contributed by atoms with Crippen LogP contribution in [0.2, 0.25) is 5.02 Å². The second-order valence-corrected chi connectivity index (χ2v) is 6.46. The van der Waals surface area contributed by atoms with Gasteiger partial charge in [0.1, 0.15) is 0 Å². The van der Waals surface area contributed by atoms with Crippen LogP contribution >= 0.6 is 11.6 Å². The van der Waals surface area contributed by atoms with E-state index in [1.807, 2.05) is 35.2 Å². The third kappa shape index (κ3) is 3.85. The van der Waals surface area contributed by atoms with Crippen LogP contribution in [0.3, 0.4) is 0 Å². The molecule has 4 heteroatoms. The molecule has 0 aliphatic carbocycles. The maximum atomic E-state index is 12.5. The highest BCUT2D eigenvalue weighted by atomic mass is 35.5. The van der Waals surface area contributed by atoms with Gasteiger partial charge >= 0.3 is 0 Å². The molecule has 1 atom stereocenters. The second kappa shape index (κ2) is 7.05. The standard InChI is InChI=1S/C19H21ClN2O/c1-15-14-21(11-12-22(15)18-5-3-2-4-6-18)19(23)13-16-7-9-17(20)10-8-16/h2-10,15H,11-14H2,1H3. The molecule has 1 aliphatic heterocycles. The topological polar surface area (TPSA) is 23.6 Å². The first-order chi connectivity index (χ1) is 11.1. The number of nitrogens with zero attached hydrogens (tertiary/aromatic N) is 2. The van der Waals surface area contributed by atoms with Crippen molar-refractivity contribution in [2.45, 2.75) is 19.4 Å². The van der Waals surface area contributed by atoms with Gasteiger partial charge in [0.25, 0.3) is 0 Å². The molecule has 2 aromatic carbocycles. The molecule has 1 fully saturated rings. The van der Waals surface area contributed by atoms with Crippen molar-refractivity contribution in [2.24, 2.45) is 0 Å². The van der Waals surface area contributed by atoms with Gasteiger partial charge in [0, 0.05) is 36.4 Å². The summed E-state index contributed by atoms with van der Waals surface area (Å²) >= 11 is 5.89. The number of hydrogen-bond donors (Lipinski definition) is 0. The smallest absolute Gasteiger partial charge is 0.227 e. The van der Waals surface area contributed by atoms with E-state index in [9.17, 15) is 4.79 Å². The molecule has 3 nitrogen and oxygen atoms in total. The number of carbonyl (C=O) groups excluding carboxylic acids is 1. The Morgan fingerprint density at radius 3 is 2.43 bits per heavy atom. The van der Waals surface area contributed by atoms with Crippen LogP contribution in [0.25, 0.3) is 0 Å². The summed E-state index contributed by atoms with van der Waals surface area (Å²) in [5.41, 5.74) is 2.24. The Morgan fingerprint density at radius 1 is 1.09 bits per heavy atom. The number of benzene rings is 2. The monoisotopic (exact) mass is 328 g/mol. The summed E-state index contributed by atoms with van der Waals surface area (Å²) in [5, 5.41) is 0.700. The molecule has 1 aliphatic rings. The lowest BCUT2D eigenvalue weighted by molar-refractivity contribution is -0.131. The van der Waals surface area contributed by atoms with Gasteiger partial charge in [-0.25, -0.2) is 0 Å². The summed E-state index contributed by atoms with van der Waals surface area (Å²) in [5.74, 6) is 0.187. The first-order valence-electron chi connectivity index (χ1n) is 7.97. The van der Waals surface area contributed by atoms with E-state index in [1.165, 1.54) is 5.69 Å². The summed E-state index contributed by atoms with van der Waals surface area (Å²) in [6.07, 6.45) is 0.440. The van der Waals surface area contributed by atoms with Crippen molar-refractivity contribution in [1.29, 1.82) is 0 Å². The molecule has 0 aromatic heterocycles. The van der Waals surface area contributed by atoms with E-state index in [4.69, 9.17) is 11.6 Å². The summed E-state index contributed by atoms with van der Waals surface area (Å²) < 4.78 is 0. The molecule has 0 saturated carbocycles. The zero-order chi connectivity index (χ0) is 16.2. The molecule has 0 bridgehead atoms.